The Bertz CT molecular complexity index is 414. The molecule has 0 aliphatic heterocycles. The van der Waals surface area contributed by atoms with Gasteiger partial charge in [0.2, 0.25) is 0 Å². The van der Waals surface area contributed by atoms with Gasteiger partial charge in [0.1, 0.15) is 5.01 Å². The lowest BCUT2D eigenvalue weighted by Crippen LogP contribution is -1.76. The number of aryl methyl sites for hydroxylation is 1. The number of hydrogen-bond acceptors (Lipinski definition) is 3. The molecule has 70 valence electrons. The van der Waals surface area contributed by atoms with Gasteiger partial charge >= 0.3 is 0 Å². The molecular weight excluding hydrogens is 210 g/mol. The van der Waals surface area contributed by atoms with Crippen molar-refractivity contribution in [3.05, 3.63) is 41.9 Å². The van der Waals surface area contributed by atoms with Crippen LogP contribution in [0.5, 0.6) is 0 Å². The van der Waals surface area contributed by atoms with Gasteiger partial charge in [-0.3, -0.25) is 0 Å². The van der Waals surface area contributed by atoms with E-state index in [1.54, 1.807) is 22.7 Å². The first kappa shape index (κ1) is 9.87. The van der Waals surface area contributed by atoms with E-state index in [-0.39, 0.29) is 0 Å². The Hall–Kier alpha value is -0.670. The molecule has 0 bridgehead atoms. The lowest BCUT2D eigenvalue weighted by atomic mass is 10.2. The van der Waals surface area contributed by atoms with Gasteiger partial charge in [0.05, 0.1) is 10.6 Å². The number of thiazole rings is 1. The maximum atomic E-state index is 5.57. The molecule has 0 saturated carbocycles. The van der Waals surface area contributed by atoms with Gasteiger partial charge < -0.3 is 0 Å². The standard InChI is InChI=1S/C11H9NS2/c1-3-4-9-5-10(13-7-9)11-12-8(2)6-14-11/h1-2,5-7H,3-4H2. The molecule has 0 fully saturated rings. The zero-order valence-electron chi connectivity index (χ0n) is 7.56. The summed E-state index contributed by atoms with van der Waals surface area (Å²) >= 11 is 3.27. The molecule has 0 unspecified atom stereocenters. The smallest absolute Gasteiger partial charge is 0.133 e. The fraction of sp³-hybridized carbons (Fsp3) is 0.182. The highest BCUT2D eigenvalue weighted by atomic mass is 32.1. The summed E-state index contributed by atoms with van der Waals surface area (Å²) in [6, 6.07) is 2.13. The third kappa shape index (κ3) is 2.04. The lowest BCUT2D eigenvalue weighted by molar-refractivity contribution is 1.01. The highest BCUT2D eigenvalue weighted by Gasteiger charge is 2.05. The SMILES string of the molecule is [CH]CCc1csc(-c2nc([CH])cs2)c1. The summed E-state index contributed by atoms with van der Waals surface area (Å²) in [7, 11) is 0. The fourth-order valence-electron chi connectivity index (χ4n) is 1.18. The summed E-state index contributed by atoms with van der Waals surface area (Å²) in [4.78, 5) is 5.41. The molecule has 0 aliphatic carbocycles. The van der Waals surface area contributed by atoms with E-state index >= 15 is 0 Å². The number of nitrogens with zero attached hydrogens (tertiary/aromatic N) is 1. The predicted molar refractivity (Wildman–Crippen MR) is 61.5 cm³/mol. The van der Waals surface area contributed by atoms with E-state index in [4.69, 9.17) is 13.8 Å². The van der Waals surface area contributed by atoms with Crippen molar-refractivity contribution in [1.82, 2.24) is 4.98 Å². The molecule has 0 amide bonds. The topological polar surface area (TPSA) is 12.9 Å². The lowest BCUT2D eigenvalue weighted by Gasteiger charge is -1.89. The van der Waals surface area contributed by atoms with Crippen LogP contribution in [0.1, 0.15) is 17.7 Å². The van der Waals surface area contributed by atoms with Crippen LogP contribution in [-0.2, 0) is 6.42 Å². The van der Waals surface area contributed by atoms with E-state index in [2.05, 4.69) is 16.4 Å². The Labute approximate surface area is 92.4 Å². The highest BCUT2D eigenvalue weighted by Crippen LogP contribution is 2.30. The average molecular weight is 219 g/mol. The zero-order chi connectivity index (χ0) is 9.97. The molecule has 0 saturated heterocycles. The van der Waals surface area contributed by atoms with Gasteiger partial charge in [-0.2, -0.15) is 0 Å². The third-order valence-corrected chi connectivity index (χ3v) is 3.83. The van der Waals surface area contributed by atoms with Crippen LogP contribution in [0.15, 0.2) is 16.8 Å². The van der Waals surface area contributed by atoms with Crippen molar-refractivity contribution < 1.29 is 0 Å². The fourth-order valence-corrected chi connectivity index (χ4v) is 2.92. The Balaban J connectivity index is 2.24. The molecule has 2 aromatic rings. The van der Waals surface area contributed by atoms with Crippen LogP contribution in [-0.4, -0.2) is 4.98 Å². The Morgan fingerprint density at radius 2 is 2.14 bits per heavy atom. The minimum Gasteiger partial charge on any atom is -0.240 e. The summed E-state index contributed by atoms with van der Waals surface area (Å²) in [5.74, 6) is 0. The molecule has 0 atom stereocenters. The highest BCUT2D eigenvalue weighted by molar-refractivity contribution is 7.20. The Morgan fingerprint density at radius 3 is 2.79 bits per heavy atom. The van der Waals surface area contributed by atoms with E-state index in [1.807, 2.05) is 5.38 Å². The first-order valence-corrected chi connectivity index (χ1v) is 6.04. The molecule has 2 rings (SSSR count). The number of rotatable bonds is 3. The van der Waals surface area contributed by atoms with Crippen molar-refractivity contribution in [3.8, 4) is 9.88 Å². The zero-order valence-corrected chi connectivity index (χ0v) is 9.20. The summed E-state index contributed by atoms with van der Waals surface area (Å²) in [5.41, 5.74) is 1.88. The normalized spacial score (nSPS) is 10.7. The van der Waals surface area contributed by atoms with Gasteiger partial charge in [0.15, 0.2) is 0 Å². The molecule has 2 heterocycles. The summed E-state index contributed by atoms with van der Waals surface area (Å²) in [6.07, 6.45) is 1.62. The van der Waals surface area contributed by atoms with Crippen molar-refractivity contribution in [2.24, 2.45) is 0 Å². The van der Waals surface area contributed by atoms with Crippen LogP contribution < -0.4 is 0 Å². The summed E-state index contributed by atoms with van der Waals surface area (Å²) in [5, 5.41) is 4.98. The number of hydrogen-bond donors (Lipinski definition) is 0. The molecule has 14 heavy (non-hydrogen) atoms. The molecule has 3 heteroatoms. The molecule has 0 aromatic carbocycles. The van der Waals surface area contributed by atoms with Gasteiger partial charge in [0, 0.05) is 12.3 Å². The Morgan fingerprint density at radius 1 is 1.29 bits per heavy atom. The maximum absolute atomic E-state index is 5.57. The number of aromatic nitrogens is 1. The van der Waals surface area contributed by atoms with Crippen LogP contribution in [0.3, 0.4) is 0 Å². The summed E-state index contributed by atoms with van der Waals surface area (Å²) in [6.45, 7) is 11.0. The van der Waals surface area contributed by atoms with Crippen LogP contribution in [0.25, 0.3) is 9.88 Å². The van der Waals surface area contributed by atoms with Crippen molar-refractivity contribution in [2.75, 3.05) is 0 Å². The predicted octanol–water partition coefficient (Wildman–Crippen LogP) is 3.57. The van der Waals surface area contributed by atoms with Crippen molar-refractivity contribution in [3.63, 3.8) is 0 Å². The maximum Gasteiger partial charge on any atom is 0.133 e. The first-order chi connectivity index (χ1) is 6.79. The minimum absolute atomic E-state index is 0.596. The van der Waals surface area contributed by atoms with E-state index < -0.39 is 0 Å². The van der Waals surface area contributed by atoms with Gasteiger partial charge in [-0.25, -0.2) is 4.98 Å². The van der Waals surface area contributed by atoms with Gasteiger partial charge in [-0.15, -0.1) is 22.7 Å². The number of thiophene rings is 1. The van der Waals surface area contributed by atoms with E-state index in [9.17, 15) is 0 Å². The molecule has 4 radical (unpaired) electrons. The first-order valence-electron chi connectivity index (χ1n) is 4.28. The molecule has 2 aromatic heterocycles. The summed E-state index contributed by atoms with van der Waals surface area (Å²) < 4.78 is 0. The van der Waals surface area contributed by atoms with Crippen molar-refractivity contribution in [1.29, 1.82) is 0 Å². The van der Waals surface area contributed by atoms with Crippen molar-refractivity contribution >= 4 is 22.7 Å². The van der Waals surface area contributed by atoms with Gasteiger partial charge in [-0.05, 0) is 36.8 Å². The van der Waals surface area contributed by atoms with E-state index in [0.29, 0.717) is 12.1 Å². The third-order valence-electron chi connectivity index (χ3n) is 1.82. The van der Waals surface area contributed by atoms with Crippen molar-refractivity contribution in [2.45, 2.75) is 12.8 Å². The average Bonchev–Trinajstić information content (AvgIpc) is 2.74. The minimum atomic E-state index is 0.596. The largest absolute Gasteiger partial charge is 0.240 e. The molecule has 0 N–H and O–H groups in total. The van der Waals surface area contributed by atoms with Crippen LogP contribution in [0.2, 0.25) is 0 Å². The van der Waals surface area contributed by atoms with Gasteiger partial charge in [-0.1, -0.05) is 0 Å². The molecule has 1 nitrogen and oxygen atoms in total. The van der Waals surface area contributed by atoms with Crippen LogP contribution >= 0.6 is 22.7 Å². The van der Waals surface area contributed by atoms with Gasteiger partial charge in [0.25, 0.3) is 0 Å². The van der Waals surface area contributed by atoms with E-state index in [1.165, 1.54) is 10.4 Å². The molecular formula is C11H9NS2. The second-order valence-electron chi connectivity index (χ2n) is 2.94. The Kier molecular flexibility index (Phi) is 2.99. The van der Waals surface area contributed by atoms with E-state index in [0.717, 1.165) is 11.4 Å². The van der Waals surface area contributed by atoms with Crippen LogP contribution in [0.4, 0.5) is 0 Å². The second-order valence-corrected chi connectivity index (χ2v) is 4.70. The van der Waals surface area contributed by atoms with Crippen LogP contribution in [0, 0.1) is 13.8 Å². The molecule has 0 aliphatic rings. The molecule has 0 spiro atoms. The second kappa shape index (κ2) is 4.24. The monoisotopic (exact) mass is 219 g/mol. The quantitative estimate of drug-likeness (QED) is 0.769.